The van der Waals surface area contributed by atoms with Crippen LogP contribution in [0.4, 0.5) is 4.79 Å². The lowest BCUT2D eigenvalue weighted by Gasteiger charge is -2.56. The van der Waals surface area contributed by atoms with Crippen molar-refractivity contribution in [3.05, 3.63) is 12.3 Å². The molecule has 10 atom stereocenters. The third-order valence-corrected chi connectivity index (χ3v) is 10.8. The van der Waals surface area contributed by atoms with E-state index in [1.807, 2.05) is 55.4 Å². The number of allylic oxidation sites excluding steroid dienone is 1. The molecular weight excluding hydrogens is 532 g/mol. The molecule has 0 bridgehead atoms. The van der Waals surface area contributed by atoms with Crippen LogP contribution in [0.5, 0.6) is 0 Å². The number of Topliss-reactive ketones (excluding diaryl/α,β-unsaturated/α-hetero) is 2. The normalized spacial score (nSPS) is 41.8. The van der Waals surface area contributed by atoms with Gasteiger partial charge in [-0.15, -0.1) is 0 Å². The lowest BCUT2D eigenvalue weighted by Crippen LogP contribution is -2.58. The minimum atomic E-state index is -1.08. The Kier molecular flexibility index (Phi) is 11.4. The van der Waals surface area contributed by atoms with Crippen LogP contribution in [0, 0.1) is 40.9 Å². The Morgan fingerprint density at radius 2 is 1.52 bits per heavy atom. The van der Waals surface area contributed by atoms with E-state index in [1.54, 1.807) is 4.90 Å². The number of ketones is 2. The third-order valence-electron chi connectivity index (χ3n) is 10.8. The van der Waals surface area contributed by atoms with Crippen LogP contribution in [0.3, 0.4) is 0 Å². The number of nitrogens with zero attached hydrogens (tertiary/aromatic N) is 2. The average Bonchev–Trinajstić information content (AvgIpc) is 3.22. The lowest BCUT2D eigenvalue weighted by molar-refractivity contribution is -0.146. The Morgan fingerprint density at radius 1 is 0.905 bits per heavy atom. The molecule has 240 valence electrons. The SMILES string of the molecule is C=C1O[C@H](CC)[C@@]2(C)OC(=O)N(CCN3CCOCC3)[C@@H]2[C@@H](C)C(=O)[C@H](C)C[C@]2(C)CC(C)[C@@H]2[C@@H](C)C(=O)[C@H]1C.CC. The van der Waals surface area contributed by atoms with Crippen LogP contribution >= 0.6 is 0 Å². The van der Waals surface area contributed by atoms with Crippen molar-refractivity contribution in [2.24, 2.45) is 40.9 Å². The molecule has 0 aromatic heterocycles. The van der Waals surface area contributed by atoms with Crippen molar-refractivity contribution in [2.45, 2.75) is 106 Å². The molecule has 1 amide bonds. The summed E-state index contributed by atoms with van der Waals surface area (Å²) in [5.74, 6) is 0.0268. The Hall–Kier alpha value is -1.93. The Morgan fingerprint density at radius 3 is 2.10 bits per heavy atom. The maximum absolute atomic E-state index is 14.2. The summed E-state index contributed by atoms with van der Waals surface area (Å²) >= 11 is 0. The summed E-state index contributed by atoms with van der Waals surface area (Å²) in [5, 5.41) is 0. The Labute approximate surface area is 254 Å². The highest BCUT2D eigenvalue weighted by molar-refractivity contribution is 5.86. The summed E-state index contributed by atoms with van der Waals surface area (Å²) < 4.78 is 18.1. The van der Waals surface area contributed by atoms with Crippen LogP contribution in [-0.4, -0.2) is 84.6 Å². The first-order chi connectivity index (χ1) is 19.7. The van der Waals surface area contributed by atoms with Gasteiger partial charge in [0.05, 0.1) is 30.9 Å². The standard InChI is InChI=1S/C32H52N2O6.C2H6/c1-10-25-32(9)29(34(30(37)40-32)12-11-33-13-15-38-16-14-33)23(6)27(35)20(3)18-31(8)17-19(2)26(31)22(5)28(36)21(4)24(7)39-25;1-2/h19-23,25-26,29H,7,10-18H2,1-6,8-9H3;1-2H3/t19?,20-,21+,22-,23+,25-,26-,29-,31+,32-;/m1./s1. The smallest absolute Gasteiger partial charge is 0.410 e. The predicted molar refractivity (Wildman–Crippen MR) is 165 cm³/mol. The first kappa shape index (κ1) is 34.6. The van der Waals surface area contributed by atoms with Crippen molar-refractivity contribution in [2.75, 3.05) is 39.4 Å². The maximum atomic E-state index is 14.2. The van der Waals surface area contributed by atoms with Gasteiger partial charge in [-0.25, -0.2) is 4.79 Å². The van der Waals surface area contributed by atoms with Gasteiger partial charge >= 0.3 is 6.09 Å². The summed E-state index contributed by atoms with van der Waals surface area (Å²) in [7, 11) is 0. The van der Waals surface area contributed by atoms with E-state index >= 15 is 0 Å². The molecule has 42 heavy (non-hydrogen) atoms. The van der Waals surface area contributed by atoms with Gasteiger partial charge in [0, 0.05) is 43.9 Å². The molecule has 0 radical (unpaired) electrons. The zero-order chi connectivity index (χ0) is 31.6. The van der Waals surface area contributed by atoms with Gasteiger partial charge in [0.2, 0.25) is 0 Å². The molecular formula is C34H58N2O6. The van der Waals surface area contributed by atoms with Crippen LogP contribution in [0.2, 0.25) is 0 Å². The van der Waals surface area contributed by atoms with E-state index in [9.17, 15) is 14.4 Å². The quantitative estimate of drug-likeness (QED) is 0.398. The zero-order valence-corrected chi connectivity index (χ0v) is 28.0. The van der Waals surface area contributed by atoms with Gasteiger partial charge < -0.3 is 14.2 Å². The molecule has 1 aliphatic carbocycles. The van der Waals surface area contributed by atoms with Gasteiger partial charge in [-0.2, -0.15) is 0 Å². The fraction of sp³-hybridized carbons (Fsp3) is 0.853. The molecule has 3 saturated heterocycles. The number of carbonyl (C=O) groups excluding carboxylic acids is 3. The van der Waals surface area contributed by atoms with Gasteiger partial charge in [0.25, 0.3) is 0 Å². The van der Waals surface area contributed by atoms with Crippen LogP contribution in [0.25, 0.3) is 0 Å². The molecule has 3 heterocycles. The molecule has 4 aliphatic rings. The van der Waals surface area contributed by atoms with Crippen molar-refractivity contribution in [1.29, 1.82) is 0 Å². The fourth-order valence-electron chi connectivity index (χ4n) is 8.92. The van der Waals surface area contributed by atoms with Crippen LogP contribution in [0.1, 0.15) is 88.5 Å². The maximum Gasteiger partial charge on any atom is 0.410 e. The van der Waals surface area contributed by atoms with E-state index in [4.69, 9.17) is 14.2 Å². The van der Waals surface area contributed by atoms with Gasteiger partial charge in [-0.05, 0) is 50.4 Å². The number of ether oxygens (including phenoxy) is 3. The van der Waals surface area contributed by atoms with Gasteiger partial charge in [0.15, 0.2) is 5.60 Å². The topological polar surface area (TPSA) is 85.4 Å². The number of amides is 1. The van der Waals surface area contributed by atoms with E-state index in [1.165, 1.54) is 0 Å². The van der Waals surface area contributed by atoms with Crippen molar-refractivity contribution in [3.63, 3.8) is 0 Å². The second kappa shape index (κ2) is 13.8. The summed E-state index contributed by atoms with van der Waals surface area (Å²) in [4.78, 5) is 45.5. The van der Waals surface area contributed by atoms with Crippen LogP contribution < -0.4 is 0 Å². The van der Waals surface area contributed by atoms with E-state index in [0.717, 1.165) is 25.9 Å². The molecule has 0 spiro atoms. The Bertz CT molecular complexity index is 995. The minimum absolute atomic E-state index is 0.0947. The monoisotopic (exact) mass is 590 g/mol. The number of hydrogen-bond donors (Lipinski definition) is 0. The molecule has 8 heteroatoms. The minimum Gasteiger partial charge on any atom is -0.490 e. The average molecular weight is 591 g/mol. The van der Waals surface area contributed by atoms with E-state index in [-0.39, 0.29) is 34.7 Å². The molecule has 0 aromatic rings. The van der Waals surface area contributed by atoms with Gasteiger partial charge in [-0.1, -0.05) is 62.0 Å². The number of morpholine rings is 1. The highest BCUT2D eigenvalue weighted by atomic mass is 16.6. The molecule has 0 N–H and O–H groups in total. The summed E-state index contributed by atoms with van der Waals surface area (Å²) in [6.45, 7) is 28.6. The second-order valence-electron chi connectivity index (χ2n) is 13.7. The number of hydrogen-bond acceptors (Lipinski definition) is 7. The number of rotatable bonds is 4. The molecule has 4 rings (SSSR count). The molecule has 8 nitrogen and oxygen atoms in total. The summed E-state index contributed by atoms with van der Waals surface area (Å²) in [6.07, 6.45) is 1.32. The van der Waals surface area contributed by atoms with Gasteiger partial charge in [-0.3, -0.25) is 19.4 Å². The molecule has 1 saturated carbocycles. The molecule has 4 fully saturated rings. The largest absolute Gasteiger partial charge is 0.490 e. The van der Waals surface area contributed by atoms with E-state index < -0.39 is 35.7 Å². The Balaban J connectivity index is 0.00000237. The second-order valence-corrected chi connectivity index (χ2v) is 13.7. The lowest BCUT2D eigenvalue weighted by atomic mass is 9.48. The summed E-state index contributed by atoms with van der Waals surface area (Å²) in [6, 6.07) is -0.495. The van der Waals surface area contributed by atoms with Crippen LogP contribution in [0.15, 0.2) is 12.3 Å². The first-order valence-electron chi connectivity index (χ1n) is 16.5. The van der Waals surface area contributed by atoms with Crippen molar-refractivity contribution in [1.82, 2.24) is 9.80 Å². The van der Waals surface area contributed by atoms with E-state index in [0.29, 0.717) is 44.4 Å². The van der Waals surface area contributed by atoms with E-state index in [2.05, 4.69) is 25.3 Å². The van der Waals surface area contributed by atoms with Gasteiger partial charge in [0.1, 0.15) is 17.7 Å². The third kappa shape index (κ3) is 6.45. The predicted octanol–water partition coefficient (Wildman–Crippen LogP) is 5.98. The fourth-order valence-corrected chi connectivity index (χ4v) is 8.92. The summed E-state index contributed by atoms with van der Waals surface area (Å²) in [5.41, 5.74) is -1.17. The highest BCUT2D eigenvalue weighted by Crippen LogP contribution is 2.58. The molecule has 0 aromatic carbocycles. The van der Waals surface area contributed by atoms with Crippen LogP contribution in [-0.2, 0) is 23.8 Å². The first-order valence-corrected chi connectivity index (χ1v) is 16.5. The number of carbonyl (C=O) groups is 3. The molecule has 1 unspecified atom stereocenters. The van der Waals surface area contributed by atoms with Crippen molar-refractivity contribution >= 4 is 17.7 Å². The zero-order valence-electron chi connectivity index (χ0n) is 28.0. The van der Waals surface area contributed by atoms with Crippen molar-refractivity contribution in [3.8, 4) is 0 Å². The number of fused-ring (bicyclic) bond motifs is 2. The van der Waals surface area contributed by atoms with Crippen molar-refractivity contribution < 1.29 is 28.6 Å². The highest BCUT2D eigenvalue weighted by Gasteiger charge is 2.60. The molecule has 3 aliphatic heterocycles.